The van der Waals surface area contributed by atoms with Crippen LogP contribution in [0.25, 0.3) is 0 Å². The molecule has 0 aromatic carbocycles. The van der Waals surface area contributed by atoms with Crippen molar-refractivity contribution >= 4 is 0 Å². The summed E-state index contributed by atoms with van der Waals surface area (Å²) in [7, 11) is 0. The molecule has 0 aliphatic carbocycles. The van der Waals surface area contributed by atoms with Crippen molar-refractivity contribution in [2.45, 2.75) is 200 Å². The van der Waals surface area contributed by atoms with Gasteiger partial charge in [-0.1, -0.05) is 175 Å². The summed E-state index contributed by atoms with van der Waals surface area (Å²) < 4.78 is 0. The first-order valence-electron chi connectivity index (χ1n) is 17.9. The summed E-state index contributed by atoms with van der Waals surface area (Å²) in [5, 5.41) is 8.52. The molecule has 1 unspecified atom stereocenters. The molecule has 1 rings (SSSR count). The van der Waals surface area contributed by atoms with E-state index in [4.69, 9.17) is 10.8 Å². The predicted molar refractivity (Wildman–Crippen MR) is 179 cm³/mol. The maximum atomic E-state index is 8.52. The molecule has 236 valence electrons. The SMILES string of the molecule is CCCCCCCCCCCCC(CCCCCC)C(N)(CCCCCC)CCCCCC.Oc1ccccn1. The normalized spacial score (nSPS) is 12.2. The fourth-order valence-electron chi connectivity index (χ4n) is 6.06. The molecule has 0 amide bonds. The van der Waals surface area contributed by atoms with Crippen LogP contribution in [0.15, 0.2) is 24.4 Å². The van der Waals surface area contributed by atoms with Gasteiger partial charge in [-0.05, 0) is 37.7 Å². The molecular weight excluding hydrogens is 488 g/mol. The van der Waals surface area contributed by atoms with Crippen molar-refractivity contribution in [1.82, 2.24) is 4.98 Å². The van der Waals surface area contributed by atoms with Gasteiger partial charge in [-0.2, -0.15) is 0 Å². The minimum atomic E-state index is 0.0718. The van der Waals surface area contributed by atoms with E-state index in [9.17, 15) is 0 Å². The van der Waals surface area contributed by atoms with E-state index in [0.29, 0.717) is 0 Å². The lowest BCUT2D eigenvalue weighted by molar-refractivity contribution is 0.190. The second-order valence-electron chi connectivity index (χ2n) is 12.6. The second kappa shape index (κ2) is 29.4. The molecule has 0 fully saturated rings. The van der Waals surface area contributed by atoms with Crippen LogP contribution in [0.5, 0.6) is 5.88 Å². The summed E-state index contributed by atoms with van der Waals surface area (Å²) in [5.74, 6) is 0.828. The first-order valence-corrected chi connectivity index (χ1v) is 17.9. The molecule has 0 aliphatic heterocycles. The number of rotatable bonds is 27. The molecule has 40 heavy (non-hydrogen) atoms. The highest BCUT2D eigenvalue weighted by Crippen LogP contribution is 2.35. The molecule has 3 nitrogen and oxygen atoms in total. The van der Waals surface area contributed by atoms with Gasteiger partial charge in [0.05, 0.1) is 0 Å². The van der Waals surface area contributed by atoms with Crippen molar-refractivity contribution < 1.29 is 5.11 Å². The van der Waals surface area contributed by atoms with Crippen molar-refractivity contribution in [3.05, 3.63) is 24.4 Å². The highest BCUT2D eigenvalue weighted by molar-refractivity contribution is 5.06. The van der Waals surface area contributed by atoms with Gasteiger partial charge in [-0.15, -0.1) is 0 Å². The van der Waals surface area contributed by atoms with Crippen molar-refractivity contribution in [2.75, 3.05) is 0 Å². The fraction of sp³-hybridized carbons (Fsp3) is 0.865. The van der Waals surface area contributed by atoms with Crippen molar-refractivity contribution in [2.24, 2.45) is 11.7 Å². The van der Waals surface area contributed by atoms with Gasteiger partial charge in [0.15, 0.2) is 0 Å². The minimum Gasteiger partial charge on any atom is -0.493 e. The Morgan fingerprint density at radius 2 is 0.950 bits per heavy atom. The molecular formula is C37H72N2O. The van der Waals surface area contributed by atoms with E-state index >= 15 is 0 Å². The lowest BCUT2D eigenvalue weighted by Gasteiger charge is -2.39. The van der Waals surface area contributed by atoms with Crippen LogP contribution in [0.1, 0.15) is 195 Å². The van der Waals surface area contributed by atoms with Crippen LogP contribution in [0, 0.1) is 5.92 Å². The van der Waals surface area contributed by atoms with Crippen LogP contribution in [0.4, 0.5) is 0 Å². The van der Waals surface area contributed by atoms with Gasteiger partial charge >= 0.3 is 0 Å². The van der Waals surface area contributed by atoms with Crippen LogP contribution in [0.2, 0.25) is 0 Å². The minimum absolute atomic E-state index is 0.0718. The molecule has 1 aromatic rings. The first kappa shape index (κ1) is 38.9. The molecule has 0 aliphatic rings. The second-order valence-corrected chi connectivity index (χ2v) is 12.6. The topological polar surface area (TPSA) is 59.1 Å². The smallest absolute Gasteiger partial charge is 0.210 e. The zero-order valence-corrected chi connectivity index (χ0v) is 27.7. The molecule has 1 aromatic heterocycles. The Hall–Kier alpha value is -1.09. The summed E-state index contributed by atoms with van der Waals surface area (Å²) in [5.41, 5.74) is 7.45. The highest BCUT2D eigenvalue weighted by Gasteiger charge is 2.33. The van der Waals surface area contributed by atoms with Gasteiger partial charge in [0.1, 0.15) is 0 Å². The maximum Gasteiger partial charge on any atom is 0.210 e. The Morgan fingerprint density at radius 1 is 0.575 bits per heavy atom. The summed E-state index contributed by atoms with van der Waals surface area (Å²) in [4.78, 5) is 3.53. The Labute approximate surface area is 251 Å². The maximum absolute atomic E-state index is 8.52. The molecule has 3 N–H and O–H groups in total. The molecule has 0 saturated heterocycles. The number of aromatic hydroxyl groups is 1. The van der Waals surface area contributed by atoms with Gasteiger partial charge < -0.3 is 10.8 Å². The van der Waals surface area contributed by atoms with Gasteiger partial charge in [-0.25, -0.2) is 4.98 Å². The fourth-order valence-corrected chi connectivity index (χ4v) is 6.06. The number of hydrogen-bond acceptors (Lipinski definition) is 3. The van der Waals surface area contributed by atoms with Crippen LogP contribution in [-0.2, 0) is 0 Å². The molecule has 0 saturated carbocycles. The number of aromatic nitrogens is 1. The van der Waals surface area contributed by atoms with Gasteiger partial charge in [0.2, 0.25) is 5.88 Å². The molecule has 0 bridgehead atoms. The Bertz CT molecular complexity index is 593. The zero-order chi connectivity index (χ0) is 29.6. The van der Waals surface area contributed by atoms with Gasteiger partial charge in [0.25, 0.3) is 0 Å². The average molecular weight is 561 g/mol. The van der Waals surface area contributed by atoms with Gasteiger partial charge in [0, 0.05) is 17.8 Å². The van der Waals surface area contributed by atoms with Crippen LogP contribution < -0.4 is 5.73 Å². The van der Waals surface area contributed by atoms with Crippen LogP contribution in [-0.4, -0.2) is 15.6 Å². The summed E-state index contributed by atoms with van der Waals surface area (Å²) in [6.07, 6.45) is 37.6. The van der Waals surface area contributed by atoms with E-state index < -0.39 is 0 Å². The van der Waals surface area contributed by atoms with Gasteiger partial charge in [-0.3, -0.25) is 0 Å². The highest BCUT2D eigenvalue weighted by atomic mass is 16.3. The average Bonchev–Trinajstić information content (AvgIpc) is 2.96. The third-order valence-electron chi connectivity index (χ3n) is 8.77. The molecule has 3 heteroatoms. The molecule has 1 atom stereocenters. The number of hydrogen-bond donors (Lipinski definition) is 2. The number of nitrogens with zero attached hydrogens (tertiary/aromatic N) is 1. The van der Waals surface area contributed by atoms with E-state index in [2.05, 4.69) is 32.7 Å². The van der Waals surface area contributed by atoms with Crippen molar-refractivity contribution in [1.29, 1.82) is 0 Å². The standard InChI is InChI=1S/C32H67N.C5H5NO/c1-5-9-13-17-18-19-20-21-22-24-28-31(27-23-14-10-6-2)32(33,29-25-15-11-7-3)30-26-16-12-8-4;7-5-3-1-2-4-6-5/h31H,5-30,33H2,1-4H3;1-4H,(H,6,7). The summed E-state index contributed by atoms with van der Waals surface area (Å²) in [6.45, 7) is 9.28. The first-order chi connectivity index (χ1) is 19.5. The zero-order valence-electron chi connectivity index (χ0n) is 27.7. The quantitative estimate of drug-likeness (QED) is 0.105. The van der Waals surface area contributed by atoms with Crippen LogP contribution in [0.3, 0.4) is 0 Å². The van der Waals surface area contributed by atoms with E-state index in [-0.39, 0.29) is 11.4 Å². The largest absolute Gasteiger partial charge is 0.493 e. The van der Waals surface area contributed by atoms with E-state index in [1.54, 1.807) is 12.1 Å². The Morgan fingerprint density at radius 3 is 1.30 bits per heavy atom. The molecule has 0 radical (unpaired) electrons. The number of pyridine rings is 1. The van der Waals surface area contributed by atoms with Crippen molar-refractivity contribution in [3.63, 3.8) is 0 Å². The van der Waals surface area contributed by atoms with E-state index in [0.717, 1.165) is 5.92 Å². The van der Waals surface area contributed by atoms with Crippen LogP contribution >= 0.6 is 0 Å². The van der Waals surface area contributed by atoms with E-state index in [1.807, 2.05) is 0 Å². The van der Waals surface area contributed by atoms with E-state index in [1.165, 1.54) is 179 Å². The lowest BCUT2D eigenvalue weighted by Crippen LogP contribution is -2.47. The predicted octanol–water partition coefficient (Wildman–Crippen LogP) is 12.3. The van der Waals surface area contributed by atoms with Crippen molar-refractivity contribution in [3.8, 4) is 5.88 Å². The summed E-state index contributed by atoms with van der Waals surface area (Å²) >= 11 is 0. The Kier molecular flexibility index (Phi) is 28.6. The lowest BCUT2D eigenvalue weighted by atomic mass is 9.72. The molecule has 0 spiro atoms. The third kappa shape index (κ3) is 23.6. The Balaban J connectivity index is 0.00000187. The number of unbranched alkanes of at least 4 members (excludes halogenated alkanes) is 18. The summed E-state index contributed by atoms with van der Waals surface area (Å²) in [6, 6.07) is 5.00. The number of nitrogens with two attached hydrogens (primary N) is 1. The third-order valence-corrected chi connectivity index (χ3v) is 8.77. The molecule has 1 heterocycles. The monoisotopic (exact) mass is 561 g/mol.